The van der Waals surface area contributed by atoms with Crippen LogP contribution < -0.4 is 5.32 Å². The molecule has 1 aliphatic carbocycles. The maximum absolute atomic E-state index is 12.3. The lowest BCUT2D eigenvalue weighted by molar-refractivity contribution is -0.186. The average molecular weight is 306 g/mol. The first-order valence-corrected chi connectivity index (χ1v) is 7.54. The molecule has 2 fully saturated rings. The van der Waals surface area contributed by atoms with Crippen LogP contribution in [0, 0.1) is 5.92 Å². The zero-order valence-electron chi connectivity index (χ0n) is 11.9. The standard InChI is InChI=1S/C14H21F3N2O2/c15-14(16,17)13(21)19-8-6-11(7-9-19)18-12(20)10-4-2-1-3-5-10/h10-11H,1-9H2,(H,18,20). The minimum atomic E-state index is -4.81. The molecule has 120 valence electrons. The van der Waals surface area contributed by atoms with E-state index in [-0.39, 0.29) is 31.0 Å². The van der Waals surface area contributed by atoms with Gasteiger partial charge >= 0.3 is 12.1 Å². The van der Waals surface area contributed by atoms with E-state index in [2.05, 4.69) is 5.32 Å². The summed E-state index contributed by atoms with van der Waals surface area (Å²) < 4.78 is 37.0. The summed E-state index contributed by atoms with van der Waals surface area (Å²) in [6.07, 6.45) is 1.07. The Bertz CT molecular complexity index is 384. The lowest BCUT2D eigenvalue weighted by atomic mass is 9.88. The Balaban J connectivity index is 1.76. The van der Waals surface area contributed by atoms with E-state index in [1.807, 2.05) is 0 Å². The molecule has 1 saturated heterocycles. The van der Waals surface area contributed by atoms with Crippen LogP contribution in [0.4, 0.5) is 13.2 Å². The van der Waals surface area contributed by atoms with Gasteiger partial charge in [0.25, 0.3) is 0 Å². The molecule has 0 atom stereocenters. The second kappa shape index (κ2) is 6.66. The molecule has 0 unspecified atom stereocenters. The Labute approximate surface area is 122 Å². The second-order valence-electron chi connectivity index (χ2n) is 5.91. The van der Waals surface area contributed by atoms with Crippen molar-refractivity contribution in [2.75, 3.05) is 13.1 Å². The predicted octanol–water partition coefficient (Wildman–Crippen LogP) is 2.24. The number of amides is 2. The van der Waals surface area contributed by atoms with Crippen LogP contribution in [0.15, 0.2) is 0 Å². The number of rotatable bonds is 2. The number of carbonyl (C=O) groups is 2. The van der Waals surface area contributed by atoms with Gasteiger partial charge in [-0.25, -0.2) is 0 Å². The van der Waals surface area contributed by atoms with Gasteiger partial charge in [0.2, 0.25) is 5.91 Å². The third-order valence-electron chi connectivity index (χ3n) is 4.35. The van der Waals surface area contributed by atoms with Crippen molar-refractivity contribution in [1.29, 1.82) is 0 Å². The van der Waals surface area contributed by atoms with Crippen LogP contribution in [-0.4, -0.2) is 42.0 Å². The van der Waals surface area contributed by atoms with E-state index in [0.717, 1.165) is 30.6 Å². The molecule has 0 aromatic heterocycles. The smallest absolute Gasteiger partial charge is 0.353 e. The van der Waals surface area contributed by atoms with Crippen molar-refractivity contribution in [2.45, 2.75) is 57.2 Å². The summed E-state index contributed by atoms with van der Waals surface area (Å²) in [7, 11) is 0. The maximum atomic E-state index is 12.3. The monoisotopic (exact) mass is 306 g/mol. The van der Waals surface area contributed by atoms with Crippen LogP contribution in [-0.2, 0) is 9.59 Å². The first-order valence-electron chi connectivity index (χ1n) is 7.54. The highest BCUT2D eigenvalue weighted by Crippen LogP contribution is 2.25. The number of nitrogens with one attached hydrogen (secondary N) is 1. The Morgan fingerprint density at radius 1 is 0.952 bits per heavy atom. The Morgan fingerprint density at radius 3 is 2.05 bits per heavy atom. The van der Waals surface area contributed by atoms with E-state index < -0.39 is 12.1 Å². The van der Waals surface area contributed by atoms with Gasteiger partial charge < -0.3 is 10.2 Å². The van der Waals surface area contributed by atoms with Crippen LogP contribution >= 0.6 is 0 Å². The SMILES string of the molecule is O=C(NC1CCN(C(=O)C(F)(F)F)CC1)C1CCCCC1. The molecule has 1 N–H and O–H groups in total. The van der Waals surface area contributed by atoms with Crippen molar-refractivity contribution >= 4 is 11.8 Å². The highest BCUT2D eigenvalue weighted by atomic mass is 19.4. The second-order valence-corrected chi connectivity index (χ2v) is 5.91. The van der Waals surface area contributed by atoms with Gasteiger partial charge in [-0.2, -0.15) is 13.2 Å². The van der Waals surface area contributed by atoms with Gasteiger partial charge in [0.15, 0.2) is 0 Å². The molecule has 2 amide bonds. The third kappa shape index (κ3) is 4.35. The largest absolute Gasteiger partial charge is 0.471 e. The van der Waals surface area contributed by atoms with E-state index >= 15 is 0 Å². The zero-order chi connectivity index (χ0) is 15.5. The van der Waals surface area contributed by atoms with Gasteiger partial charge in [0, 0.05) is 25.0 Å². The topological polar surface area (TPSA) is 49.4 Å². The van der Waals surface area contributed by atoms with Crippen molar-refractivity contribution in [3.8, 4) is 0 Å². The van der Waals surface area contributed by atoms with Crippen molar-refractivity contribution in [2.24, 2.45) is 5.92 Å². The number of halogens is 3. The normalized spacial score (nSPS) is 22.1. The lowest BCUT2D eigenvalue weighted by Gasteiger charge is -2.33. The van der Waals surface area contributed by atoms with Crippen molar-refractivity contribution < 1.29 is 22.8 Å². The molecule has 0 spiro atoms. The summed E-state index contributed by atoms with van der Waals surface area (Å²) in [6, 6.07) is -0.114. The zero-order valence-corrected chi connectivity index (χ0v) is 11.9. The van der Waals surface area contributed by atoms with Crippen LogP contribution in [0.5, 0.6) is 0 Å². The van der Waals surface area contributed by atoms with Crippen molar-refractivity contribution in [3.05, 3.63) is 0 Å². The fourth-order valence-corrected chi connectivity index (χ4v) is 3.09. The molecular weight excluding hydrogens is 285 g/mol. The third-order valence-corrected chi connectivity index (χ3v) is 4.35. The van der Waals surface area contributed by atoms with Crippen molar-refractivity contribution in [3.63, 3.8) is 0 Å². The summed E-state index contributed by atoms with van der Waals surface area (Å²) >= 11 is 0. The van der Waals surface area contributed by atoms with Crippen LogP contribution in [0.3, 0.4) is 0 Å². The Kier molecular flexibility index (Phi) is 5.11. The molecule has 2 aliphatic rings. The molecule has 0 bridgehead atoms. The molecule has 0 radical (unpaired) electrons. The lowest BCUT2D eigenvalue weighted by Crippen LogP contribution is -2.50. The maximum Gasteiger partial charge on any atom is 0.471 e. The number of hydrogen-bond acceptors (Lipinski definition) is 2. The molecule has 21 heavy (non-hydrogen) atoms. The Morgan fingerprint density at radius 2 is 1.52 bits per heavy atom. The summed E-state index contributed by atoms with van der Waals surface area (Å²) in [4.78, 5) is 24.0. The Hall–Kier alpha value is -1.27. The van der Waals surface area contributed by atoms with Gasteiger partial charge in [-0.15, -0.1) is 0 Å². The van der Waals surface area contributed by atoms with Crippen molar-refractivity contribution in [1.82, 2.24) is 10.2 Å². The minimum absolute atomic E-state index is 0.0234. The van der Waals surface area contributed by atoms with E-state index in [9.17, 15) is 22.8 Å². The molecule has 7 heteroatoms. The fourth-order valence-electron chi connectivity index (χ4n) is 3.09. The molecule has 0 aromatic carbocycles. The number of likely N-dealkylation sites (tertiary alicyclic amines) is 1. The summed E-state index contributed by atoms with van der Waals surface area (Å²) in [6.45, 7) is 0.0991. The fraction of sp³-hybridized carbons (Fsp3) is 0.857. The van der Waals surface area contributed by atoms with Crippen LogP contribution in [0.2, 0.25) is 0 Å². The van der Waals surface area contributed by atoms with E-state index in [1.165, 1.54) is 6.42 Å². The average Bonchev–Trinajstić information content (AvgIpc) is 2.47. The first-order chi connectivity index (χ1) is 9.88. The van der Waals surface area contributed by atoms with Gasteiger partial charge in [-0.05, 0) is 25.7 Å². The molecule has 1 saturated carbocycles. The first kappa shape index (κ1) is 16.1. The molecule has 0 aromatic rings. The molecule has 1 heterocycles. The van der Waals surface area contributed by atoms with E-state index in [1.54, 1.807) is 0 Å². The highest BCUT2D eigenvalue weighted by Gasteiger charge is 2.43. The molecular formula is C14H21F3N2O2. The van der Waals surface area contributed by atoms with Crippen LogP contribution in [0.1, 0.15) is 44.9 Å². The quantitative estimate of drug-likeness (QED) is 0.850. The number of nitrogens with zero attached hydrogens (tertiary/aromatic N) is 1. The summed E-state index contributed by atoms with van der Waals surface area (Å²) in [5, 5.41) is 2.93. The van der Waals surface area contributed by atoms with Gasteiger partial charge in [-0.1, -0.05) is 19.3 Å². The molecule has 4 nitrogen and oxygen atoms in total. The predicted molar refractivity (Wildman–Crippen MR) is 70.4 cm³/mol. The van der Waals surface area contributed by atoms with Gasteiger partial charge in [0.05, 0.1) is 0 Å². The van der Waals surface area contributed by atoms with E-state index in [4.69, 9.17) is 0 Å². The highest BCUT2D eigenvalue weighted by molar-refractivity contribution is 5.82. The minimum Gasteiger partial charge on any atom is -0.353 e. The number of carbonyl (C=O) groups excluding carboxylic acids is 2. The summed E-state index contributed by atoms with van der Waals surface area (Å²) in [5.74, 6) is -1.71. The number of piperidine rings is 1. The number of hydrogen-bond donors (Lipinski definition) is 1. The van der Waals surface area contributed by atoms with Gasteiger partial charge in [0.1, 0.15) is 0 Å². The number of alkyl halides is 3. The molecule has 2 rings (SSSR count). The van der Waals surface area contributed by atoms with Gasteiger partial charge in [-0.3, -0.25) is 9.59 Å². The van der Waals surface area contributed by atoms with E-state index in [0.29, 0.717) is 12.8 Å². The van der Waals surface area contributed by atoms with Crippen LogP contribution in [0.25, 0.3) is 0 Å². The summed E-state index contributed by atoms with van der Waals surface area (Å²) in [5.41, 5.74) is 0. The molecule has 1 aliphatic heterocycles.